The van der Waals surface area contributed by atoms with Crippen molar-refractivity contribution in [2.45, 2.75) is 27.2 Å². The molecule has 1 amide bonds. The van der Waals surface area contributed by atoms with E-state index in [9.17, 15) is 4.79 Å². The molecule has 0 aliphatic carbocycles. The van der Waals surface area contributed by atoms with Gasteiger partial charge in [0.05, 0.1) is 0 Å². The average molecular weight is 155 g/mol. The zero-order chi connectivity index (χ0) is 8.43. The molecule has 0 radical (unpaired) electrons. The molecule has 64 valence electrons. The molecule has 0 saturated carbocycles. The van der Waals surface area contributed by atoms with Crippen molar-refractivity contribution in [3.05, 3.63) is 0 Å². The normalized spacial score (nSPS) is 24.7. The fourth-order valence-electron chi connectivity index (χ4n) is 1.62. The lowest BCUT2D eigenvalue weighted by atomic mass is 9.95. The Morgan fingerprint density at radius 2 is 2.18 bits per heavy atom. The van der Waals surface area contributed by atoms with E-state index in [1.165, 1.54) is 6.42 Å². The Morgan fingerprint density at radius 3 is 2.45 bits per heavy atom. The number of rotatable bonds is 1. The van der Waals surface area contributed by atoms with Crippen molar-refractivity contribution in [3.8, 4) is 0 Å². The maximum atomic E-state index is 10.9. The molecule has 1 atom stereocenters. The molecule has 2 heteroatoms. The molecule has 0 aromatic carbocycles. The molecule has 1 aliphatic heterocycles. The Kier molecular flexibility index (Phi) is 2.53. The molecule has 1 heterocycles. The fourth-order valence-corrected chi connectivity index (χ4v) is 1.62. The van der Waals surface area contributed by atoms with E-state index >= 15 is 0 Å². The van der Waals surface area contributed by atoms with Crippen molar-refractivity contribution >= 4 is 5.91 Å². The largest absolute Gasteiger partial charge is 0.343 e. The first-order chi connectivity index (χ1) is 5.11. The lowest BCUT2D eigenvalue weighted by Crippen LogP contribution is -2.26. The number of likely N-dealkylation sites (tertiary alicyclic amines) is 1. The Hall–Kier alpha value is -0.530. The highest BCUT2D eigenvalue weighted by Gasteiger charge is 2.25. The third-order valence-corrected chi connectivity index (χ3v) is 2.61. The Morgan fingerprint density at radius 1 is 1.55 bits per heavy atom. The summed E-state index contributed by atoms with van der Waals surface area (Å²) in [6, 6.07) is 0. The van der Waals surface area contributed by atoms with Gasteiger partial charge in [-0.15, -0.1) is 0 Å². The van der Waals surface area contributed by atoms with Gasteiger partial charge in [-0.25, -0.2) is 0 Å². The predicted octanol–water partition coefficient (Wildman–Crippen LogP) is 1.51. The summed E-state index contributed by atoms with van der Waals surface area (Å²) in [5, 5.41) is 0. The highest BCUT2D eigenvalue weighted by Crippen LogP contribution is 2.23. The molecule has 1 rings (SSSR count). The van der Waals surface area contributed by atoms with Gasteiger partial charge in [-0.3, -0.25) is 4.79 Å². The first-order valence-corrected chi connectivity index (χ1v) is 4.36. The zero-order valence-corrected chi connectivity index (χ0v) is 7.63. The summed E-state index contributed by atoms with van der Waals surface area (Å²) in [6.45, 7) is 8.07. The predicted molar refractivity (Wildman–Crippen MR) is 45.2 cm³/mol. The van der Waals surface area contributed by atoms with E-state index in [-0.39, 0.29) is 5.91 Å². The van der Waals surface area contributed by atoms with Gasteiger partial charge >= 0.3 is 0 Å². The van der Waals surface area contributed by atoms with Gasteiger partial charge in [0.15, 0.2) is 0 Å². The third-order valence-electron chi connectivity index (χ3n) is 2.61. The molecule has 0 aromatic rings. The molecule has 1 saturated heterocycles. The Bertz CT molecular complexity index is 154. The van der Waals surface area contributed by atoms with Crippen LogP contribution < -0.4 is 0 Å². The van der Waals surface area contributed by atoms with Crippen LogP contribution >= 0.6 is 0 Å². The van der Waals surface area contributed by atoms with Crippen LogP contribution in [0.4, 0.5) is 0 Å². The van der Waals surface area contributed by atoms with Crippen LogP contribution in [0.3, 0.4) is 0 Å². The van der Waals surface area contributed by atoms with Gasteiger partial charge < -0.3 is 4.90 Å². The minimum absolute atomic E-state index is 0.230. The number of amides is 1. The third kappa shape index (κ3) is 1.95. The van der Waals surface area contributed by atoms with E-state index in [0.717, 1.165) is 24.9 Å². The molecule has 0 aromatic heterocycles. The summed E-state index contributed by atoms with van der Waals surface area (Å²) in [7, 11) is 0. The fraction of sp³-hybridized carbons (Fsp3) is 0.889. The van der Waals surface area contributed by atoms with E-state index in [1.807, 2.05) is 4.90 Å². The first-order valence-electron chi connectivity index (χ1n) is 4.36. The van der Waals surface area contributed by atoms with Crippen LogP contribution in [0.15, 0.2) is 0 Å². The van der Waals surface area contributed by atoms with Gasteiger partial charge in [-0.1, -0.05) is 13.8 Å². The van der Waals surface area contributed by atoms with Crippen LogP contribution in [-0.2, 0) is 4.79 Å². The molecule has 0 spiro atoms. The Labute approximate surface area is 68.6 Å². The first kappa shape index (κ1) is 8.57. The second-order valence-electron chi connectivity index (χ2n) is 3.76. The van der Waals surface area contributed by atoms with Crippen molar-refractivity contribution in [2.24, 2.45) is 11.8 Å². The summed E-state index contributed by atoms with van der Waals surface area (Å²) in [5.41, 5.74) is 0. The summed E-state index contributed by atoms with van der Waals surface area (Å²) in [5.74, 6) is 1.69. The van der Waals surface area contributed by atoms with Crippen LogP contribution in [0.5, 0.6) is 0 Å². The molecule has 0 bridgehead atoms. The topological polar surface area (TPSA) is 20.3 Å². The van der Waals surface area contributed by atoms with E-state index < -0.39 is 0 Å². The lowest BCUT2D eigenvalue weighted by Gasteiger charge is -2.15. The van der Waals surface area contributed by atoms with Gasteiger partial charge in [-0.2, -0.15) is 0 Å². The van der Waals surface area contributed by atoms with Crippen LogP contribution in [0.1, 0.15) is 27.2 Å². The highest BCUT2D eigenvalue weighted by molar-refractivity contribution is 5.73. The number of nitrogens with zero attached hydrogens (tertiary/aromatic N) is 1. The number of carbonyl (C=O) groups excluding carboxylic acids is 1. The van der Waals surface area contributed by atoms with Crippen molar-refractivity contribution in [2.75, 3.05) is 13.1 Å². The van der Waals surface area contributed by atoms with Gasteiger partial charge in [0.2, 0.25) is 5.91 Å². The van der Waals surface area contributed by atoms with Crippen LogP contribution in [0.25, 0.3) is 0 Å². The summed E-state index contributed by atoms with van der Waals surface area (Å²) < 4.78 is 0. The van der Waals surface area contributed by atoms with Gasteiger partial charge in [0.1, 0.15) is 0 Å². The molecule has 2 nitrogen and oxygen atoms in total. The summed E-state index contributed by atoms with van der Waals surface area (Å²) in [4.78, 5) is 12.9. The van der Waals surface area contributed by atoms with E-state index in [2.05, 4.69) is 13.8 Å². The lowest BCUT2D eigenvalue weighted by molar-refractivity contribution is -0.127. The maximum absolute atomic E-state index is 10.9. The summed E-state index contributed by atoms with van der Waals surface area (Å²) >= 11 is 0. The molecular formula is C9H17NO. The molecule has 1 fully saturated rings. The minimum Gasteiger partial charge on any atom is -0.343 e. The minimum atomic E-state index is 0.230. The number of hydrogen-bond donors (Lipinski definition) is 0. The quantitative estimate of drug-likeness (QED) is 0.562. The molecule has 0 N–H and O–H groups in total. The van der Waals surface area contributed by atoms with E-state index in [0.29, 0.717) is 0 Å². The van der Waals surface area contributed by atoms with Crippen LogP contribution in [0, 0.1) is 11.8 Å². The number of carbonyl (C=O) groups is 1. The van der Waals surface area contributed by atoms with Crippen molar-refractivity contribution < 1.29 is 4.79 Å². The maximum Gasteiger partial charge on any atom is 0.219 e. The van der Waals surface area contributed by atoms with Crippen LogP contribution in [0.2, 0.25) is 0 Å². The molecular weight excluding hydrogens is 138 g/mol. The van der Waals surface area contributed by atoms with E-state index in [4.69, 9.17) is 0 Å². The molecule has 1 aliphatic rings. The van der Waals surface area contributed by atoms with Crippen molar-refractivity contribution in [3.63, 3.8) is 0 Å². The van der Waals surface area contributed by atoms with Crippen LogP contribution in [-0.4, -0.2) is 23.9 Å². The Balaban J connectivity index is 2.41. The van der Waals surface area contributed by atoms with Gasteiger partial charge in [0.25, 0.3) is 0 Å². The highest BCUT2D eigenvalue weighted by atomic mass is 16.2. The number of hydrogen-bond acceptors (Lipinski definition) is 1. The van der Waals surface area contributed by atoms with E-state index in [1.54, 1.807) is 6.92 Å². The zero-order valence-electron chi connectivity index (χ0n) is 7.63. The van der Waals surface area contributed by atoms with Gasteiger partial charge in [0, 0.05) is 20.0 Å². The molecule has 0 unspecified atom stereocenters. The van der Waals surface area contributed by atoms with Crippen molar-refractivity contribution in [1.82, 2.24) is 4.90 Å². The summed E-state index contributed by atoms with van der Waals surface area (Å²) in [6.07, 6.45) is 1.19. The standard InChI is InChI=1S/C9H17NO/c1-7(2)9-4-5-10(6-9)8(3)11/h7,9H,4-6H2,1-3H3/t9-/m0/s1. The molecule has 11 heavy (non-hydrogen) atoms. The second-order valence-corrected chi connectivity index (χ2v) is 3.76. The smallest absolute Gasteiger partial charge is 0.219 e. The monoisotopic (exact) mass is 155 g/mol. The average Bonchev–Trinajstić information content (AvgIpc) is 2.33. The van der Waals surface area contributed by atoms with Gasteiger partial charge in [-0.05, 0) is 18.3 Å². The second kappa shape index (κ2) is 3.24. The van der Waals surface area contributed by atoms with Crippen molar-refractivity contribution in [1.29, 1.82) is 0 Å². The SMILES string of the molecule is CC(=O)N1CC[C@H](C(C)C)C1.